The Morgan fingerprint density at radius 1 is 0.945 bits per heavy atom. The summed E-state index contributed by atoms with van der Waals surface area (Å²) >= 11 is 0. The lowest BCUT2D eigenvalue weighted by atomic mass is 9.87. The summed E-state index contributed by atoms with van der Waals surface area (Å²) < 4.78 is 46.6. The van der Waals surface area contributed by atoms with Gasteiger partial charge in [0, 0.05) is 55.6 Å². The molecule has 1 unspecified atom stereocenters. The van der Waals surface area contributed by atoms with E-state index in [1.807, 2.05) is 36.6 Å². The second-order valence-corrected chi connectivity index (χ2v) is 15.1. The third kappa shape index (κ3) is 10.0. The van der Waals surface area contributed by atoms with Crippen molar-refractivity contribution in [2.75, 3.05) is 37.4 Å². The molecular weight excluding hydrogens is 711 g/mol. The van der Waals surface area contributed by atoms with Crippen molar-refractivity contribution in [3.8, 4) is 5.75 Å². The molecule has 3 aromatic heterocycles. The van der Waals surface area contributed by atoms with Crippen LogP contribution in [0.2, 0.25) is 0 Å². The molecule has 11 nitrogen and oxygen atoms in total. The van der Waals surface area contributed by atoms with Crippen molar-refractivity contribution in [3.63, 3.8) is 0 Å². The Kier molecular flexibility index (Phi) is 12.4. The van der Waals surface area contributed by atoms with Gasteiger partial charge in [0.25, 0.3) is 5.91 Å². The van der Waals surface area contributed by atoms with E-state index in [-0.39, 0.29) is 29.5 Å². The first-order valence-electron chi connectivity index (χ1n) is 19.1. The molecule has 1 atom stereocenters. The summed E-state index contributed by atoms with van der Waals surface area (Å²) in [6, 6.07) is 13.9. The smallest absolute Gasteiger partial charge is 0.433 e. The maximum absolute atomic E-state index is 13.0. The molecule has 2 N–H and O–H groups in total. The van der Waals surface area contributed by atoms with E-state index in [2.05, 4.69) is 51.6 Å². The fourth-order valence-corrected chi connectivity index (χ4v) is 7.57. The Balaban J connectivity index is 0.000000197. The van der Waals surface area contributed by atoms with Gasteiger partial charge in [-0.2, -0.15) is 13.2 Å². The third-order valence-electron chi connectivity index (χ3n) is 10.6. The number of ether oxygens (including phenoxy) is 1. The number of anilines is 2. The van der Waals surface area contributed by atoms with Crippen molar-refractivity contribution in [2.24, 2.45) is 0 Å². The molecule has 55 heavy (non-hydrogen) atoms. The second-order valence-electron chi connectivity index (χ2n) is 15.1. The molecule has 4 aromatic rings. The zero-order chi connectivity index (χ0) is 39.3. The minimum atomic E-state index is -4.63. The first kappa shape index (κ1) is 39.7. The highest BCUT2D eigenvalue weighted by Gasteiger charge is 2.33. The molecule has 2 saturated heterocycles. The van der Waals surface area contributed by atoms with E-state index in [1.165, 1.54) is 31.0 Å². The number of amides is 3. The lowest BCUT2D eigenvalue weighted by Crippen LogP contribution is -2.42. The fourth-order valence-electron chi connectivity index (χ4n) is 7.57. The van der Waals surface area contributed by atoms with E-state index in [0.29, 0.717) is 41.9 Å². The third-order valence-corrected chi connectivity index (χ3v) is 10.6. The molecule has 3 amide bonds. The number of rotatable bonds is 8. The Morgan fingerprint density at radius 3 is 2.35 bits per heavy atom. The van der Waals surface area contributed by atoms with Crippen LogP contribution in [0.5, 0.6) is 5.75 Å². The van der Waals surface area contributed by atoms with Crippen LogP contribution in [0.3, 0.4) is 0 Å². The molecule has 14 heteroatoms. The predicted molar refractivity (Wildman–Crippen MR) is 204 cm³/mol. The summed E-state index contributed by atoms with van der Waals surface area (Å²) in [6.45, 7) is 5.79. The molecule has 3 aliphatic rings. The van der Waals surface area contributed by atoms with Crippen molar-refractivity contribution < 1.29 is 32.3 Å². The Morgan fingerprint density at radius 2 is 1.67 bits per heavy atom. The first-order valence-corrected chi connectivity index (χ1v) is 19.1. The second kappa shape index (κ2) is 17.2. The number of halogens is 3. The molecule has 294 valence electrons. The van der Waals surface area contributed by atoms with Gasteiger partial charge in [0.05, 0.1) is 17.7 Å². The summed E-state index contributed by atoms with van der Waals surface area (Å²) in [5.74, 6) is -0.472. The number of nitrogens with zero attached hydrogens (tertiary/aromatic N) is 5. The molecule has 5 heterocycles. The number of aromatic nitrogens is 3. The van der Waals surface area contributed by atoms with Gasteiger partial charge in [0.15, 0.2) is 0 Å². The highest BCUT2D eigenvalue weighted by Crippen LogP contribution is 2.35. The Bertz CT molecular complexity index is 1980. The van der Waals surface area contributed by atoms with Gasteiger partial charge in [-0.25, -0.2) is 9.97 Å². The van der Waals surface area contributed by atoms with E-state index < -0.39 is 17.8 Å². The summed E-state index contributed by atoms with van der Waals surface area (Å²) in [5, 5.41) is 5.10. The van der Waals surface area contributed by atoms with Crippen molar-refractivity contribution in [1.29, 1.82) is 0 Å². The first-order chi connectivity index (χ1) is 26.2. The molecular formula is C41H50F3N7O4. The zero-order valence-corrected chi connectivity index (χ0v) is 31.9. The average Bonchev–Trinajstić information content (AvgIpc) is 3.58. The van der Waals surface area contributed by atoms with Crippen LogP contribution in [0.15, 0.2) is 60.9 Å². The van der Waals surface area contributed by atoms with Gasteiger partial charge in [-0.15, -0.1) is 0 Å². The molecule has 0 bridgehead atoms. The van der Waals surface area contributed by atoms with Gasteiger partial charge in [-0.1, -0.05) is 37.5 Å². The van der Waals surface area contributed by atoms with Crippen LogP contribution < -0.4 is 20.3 Å². The largest absolute Gasteiger partial charge is 0.489 e. The fraction of sp³-hybridized carbons (Fsp3) is 0.488. The lowest BCUT2D eigenvalue weighted by Gasteiger charge is -2.36. The highest BCUT2D eigenvalue weighted by molar-refractivity contribution is 6.04. The Hall–Kier alpha value is -4.98. The monoisotopic (exact) mass is 761 g/mol. The topological polar surface area (TPSA) is 121 Å². The number of piperidine rings is 2. The maximum Gasteiger partial charge on any atom is 0.433 e. The minimum Gasteiger partial charge on any atom is -0.489 e. The van der Waals surface area contributed by atoms with Crippen molar-refractivity contribution in [3.05, 3.63) is 83.6 Å². The number of imide groups is 1. The predicted octanol–water partition coefficient (Wildman–Crippen LogP) is 7.57. The number of alkyl halides is 3. The number of carbonyl (C=O) groups is 3. The quantitative estimate of drug-likeness (QED) is 0.177. The van der Waals surface area contributed by atoms with Gasteiger partial charge in [-0.05, 0) is 89.9 Å². The van der Waals surface area contributed by atoms with Crippen LogP contribution in [0.1, 0.15) is 111 Å². The zero-order valence-electron chi connectivity index (χ0n) is 31.9. The lowest BCUT2D eigenvalue weighted by molar-refractivity contribution is -0.141. The van der Waals surface area contributed by atoms with Gasteiger partial charge in [-0.3, -0.25) is 19.7 Å². The molecule has 1 aromatic carbocycles. The van der Waals surface area contributed by atoms with Gasteiger partial charge in [0.1, 0.15) is 28.5 Å². The van der Waals surface area contributed by atoms with Gasteiger partial charge < -0.3 is 24.3 Å². The molecule has 3 fully saturated rings. The van der Waals surface area contributed by atoms with Crippen molar-refractivity contribution >= 4 is 34.7 Å². The molecule has 7 rings (SSSR count). The number of hydrogen-bond donors (Lipinski definition) is 2. The van der Waals surface area contributed by atoms with Crippen LogP contribution in [0.25, 0.3) is 5.65 Å². The van der Waals surface area contributed by atoms with Crippen molar-refractivity contribution in [2.45, 2.75) is 102 Å². The van der Waals surface area contributed by atoms with Crippen LogP contribution in [-0.4, -0.2) is 76.3 Å². The van der Waals surface area contributed by atoms with Crippen LogP contribution in [-0.2, 0) is 15.8 Å². The maximum atomic E-state index is 13.0. The highest BCUT2D eigenvalue weighted by atomic mass is 19.4. The number of pyridine rings is 2. The molecule has 2 aliphatic heterocycles. The van der Waals surface area contributed by atoms with E-state index in [9.17, 15) is 27.6 Å². The van der Waals surface area contributed by atoms with E-state index in [4.69, 9.17) is 9.72 Å². The molecule has 1 aliphatic carbocycles. The van der Waals surface area contributed by atoms with E-state index in [1.54, 1.807) is 12.3 Å². The SMILES string of the molecule is CC(C)Oc1cc2nc(C3CCCCC3)cn2cc1NC(=O)c1cccc(C(F)(F)F)n1.CN(C)C1CCN(c2cccc(C3CCC(=O)NC3=O)c2)CC1. The number of carbonyl (C=O) groups excluding carboxylic acids is 3. The van der Waals surface area contributed by atoms with Crippen LogP contribution in [0.4, 0.5) is 24.5 Å². The van der Waals surface area contributed by atoms with E-state index >= 15 is 0 Å². The average molecular weight is 762 g/mol. The van der Waals surface area contributed by atoms with Gasteiger partial charge in [0.2, 0.25) is 11.8 Å². The van der Waals surface area contributed by atoms with Crippen molar-refractivity contribution in [1.82, 2.24) is 24.6 Å². The molecule has 1 saturated carbocycles. The number of nitrogens with one attached hydrogen (secondary N) is 2. The minimum absolute atomic E-state index is 0.159. The summed E-state index contributed by atoms with van der Waals surface area (Å²) in [5.41, 5.74) is 2.78. The number of benzene rings is 1. The molecule has 0 radical (unpaired) electrons. The Labute approximate surface area is 319 Å². The summed E-state index contributed by atoms with van der Waals surface area (Å²) in [4.78, 5) is 49.0. The molecule has 0 spiro atoms. The summed E-state index contributed by atoms with van der Waals surface area (Å²) in [6.07, 6.45) is 8.00. The number of fused-ring (bicyclic) bond motifs is 1. The van der Waals surface area contributed by atoms with Crippen LogP contribution >= 0.6 is 0 Å². The standard InChI is InChI=1S/C23H25F3N4O2.C18H25N3O2/c1-14(2)32-19-11-21-28-17(15-7-4-3-5-8-15)12-30(21)13-18(19)29-22(31)16-9-6-10-20(27-16)23(24,25)26;1-20(2)14-8-10-21(11-9-14)15-5-3-4-13(12-15)16-6-7-17(22)19-18(16)23/h6,9-15H,3-5,7-8H2,1-2H3,(H,29,31);3-5,12,14,16H,6-11H2,1-2H3,(H,19,22,23). The van der Waals surface area contributed by atoms with Crippen LogP contribution in [0, 0.1) is 0 Å². The number of hydrogen-bond acceptors (Lipinski definition) is 8. The summed E-state index contributed by atoms with van der Waals surface area (Å²) in [7, 11) is 4.29. The van der Waals surface area contributed by atoms with Gasteiger partial charge >= 0.3 is 6.18 Å². The normalized spacial score (nSPS) is 18.6. The van der Waals surface area contributed by atoms with E-state index in [0.717, 1.165) is 62.2 Å². The number of imidazole rings is 1.